The molecule has 2 aromatic rings. The van der Waals surface area contributed by atoms with Crippen molar-refractivity contribution in [2.75, 3.05) is 5.43 Å². The molecule has 0 atom stereocenters. The minimum absolute atomic E-state index is 0.375. The lowest BCUT2D eigenvalue weighted by Crippen LogP contribution is -2.22. The van der Waals surface area contributed by atoms with Crippen molar-refractivity contribution in [1.29, 1.82) is 0 Å². The average Bonchev–Trinajstić information content (AvgIpc) is 2.84. The van der Waals surface area contributed by atoms with Gasteiger partial charge in [0.15, 0.2) is 11.6 Å². The Hall–Kier alpha value is -2.77. The first-order chi connectivity index (χ1) is 8.99. The second-order valence-electron chi connectivity index (χ2n) is 3.57. The molecule has 6 nitrogen and oxygen atoms in total. The molecule has 0 unspecified atom stereocenters. The molecule has 1 heterocycles. The average molecular weight is 267 g/mol. The molecule has 2 rings (SSSR count). The van der Waals surface area contributed by atoms with E-state index in [1.54, 1.807) is 12.1 Å². The molecule has 0 aliphatic rings. The molecular formula is C11H7F2N3O3. The van der Waals surface area contributed by atoms with Crippen molar-refractivity contribution in [3.05, 3.63) is 64.0 Å². The van der Waals surface area contributed by atoms with Crippen molar-refractivity contribution in [3.63, 3.8) is 0 Å². The quantitative estimate of drug-likeness (QED) is 0.683. The standard InChI is InChI=1S/C11H7F2N3O3/c12-8-5-7(10(16(18)19)6-9(8)13)11(17)14-15-3-1-2-4-15/h1-6H,(H,14,17). The SMILES string of the molecule is O=C(Nn1cccc1)c1cc(F)c(F)cc1[N+](=O)[O-]. The number of nitrogens with one attached hydrogen (secondary N) is 1. The van der Waals surface area contributed by atoms with Crippen molar-refractivity contribution in [2.45, 2.75) is 0 Å². The Labute approximate surface area is 105 Å². The van der Waals surface area contributed by atoms with E-state index in [1.165, 1.54) is 17.1 Å². The predicted molar refractivity (Wildman–Crippen MR) is 61.1 cm³/mol. The third-order valence-electron chi connectivity index (χ3n) is 2.32. The first-order valence-corrected chi connectivity index (χ1v) is 5.07. The molecule has 0 saturated heterocycles. The first kappa shape index (κ1) is 12.7. The van der Waals surface area contributed by atoms with Gasteiger partial charge in [-0.25, -0.2) is 8.78 Å². The van der Waals surface area contributed by atoms with Crippen LogP contribution in [0.1, 0.15) is 10.4 Å². The summed E-state index contributed by atoms with van der Waals surface area (Å²) in [5.74, 6) is -3.63. The Morgan fingerprint density at radius 2 is 1.79 bits per heavy atom. The third kappa shape index (κ3) is 2.57. The lowest BCUT2D eigenvalue weighted by Gasteiger charge is -2.07. The van der Waals surface area contributed by atoms with Crippen LogP contribution in [-0.2, 0) is 0 Å². The molecule has 0 bridgehead atoms. The molecule has 0 aliphatic carbocycles. The fraction of sp³-hybridized carbons (Fsp3) is 0. The smallest absolute Gasteiger partial charge is 0.268 e. The van der Waals surface area contributed by atoms with Crippen LogP contribution in [-0.4, -0.2) is 15.5 Å². The van der Waals surface area contributed by atoms with E-state index in [1.807, 2.05) is 0 Å². The van der Waals surface area contributed by atoms with Gasteiger partial charge in [0.25, 0.3) is 11.6 Å². The van der Waals surface area contributed by atoms with E-state index in [0.29, 0.717) is 12.1 Å². The number of carbonyl (C=O) groups is 1. The lowest BCUT2D eigenvalue weighted by atomic mass is 10.1. The van der Waals surface area contributed by atoms with Gasteiger partial charge in [0, 0.05) is 12.4 Å². The van der Waals surface area contributed by atoms with Gasteiger partial charge < -0.3 is 0 Å². The van der Waals surface area contributed by atoms with Gasteiger partial charge in [-0.3, -0.25) is 25.0 Å². The fourth-order valence-electron chi connectivity index (χ4n) is 1.46. The molecule has 1 aromatic heterocycles. The minimum Gasteiger partial charge on any atom is -0.268 e. The number of nitrogens with zero attached hydrogens (tertiary/aromatic N) is 2. The molecule has 1 amide bonds. The highest BCUT2D eigenvalue weighted by molar-refractivity contribution is 6.03. The summed E-state index contributed by atoms with van der Waals surface area (Å²) in [5, 5.41) is 10.7. The molecular weight excluding hydrogens is 260 g/mol. The summed E-state index contributed by atoms with van der Waals surface area (Å²) in [5.41, 5.74) is 0.904. The second-order valence-corrected chi connectivity index (χ2v) is 3.57. The number of nitro benzene ring substituents is 1. The Morgan fingerprint density at radius 1 is 1.21 bits per heavy atom. The Kier molecular flexibility index (Phi) is 3.23. The summed E-state index contributed by atoms with van der Waals surface area (Å²) < 4.78 is 27.3. The van der Waals surface area contributed by atoms with Crippen molar-refractivity contribution >= 4 is 11.6 Å². The zero-order valence-corrected chi connectivity index (χ0v) is 9.34. The first-order valence-electron chi connectivity index (χ1n) is 5.07. The molecule has 0 radical (unpaired) electrons. The molecule has 0 spiro atoms. The highest BCUT2D eigenvalue weighted by Crippen LogP contribution is 2.22. The number of rotatable bonds is 3. The van der Waals surface area contributed by atoms with Crippen LogP contribution in [0.3, 0.4) is 0 Å². The van der Waals surface area contributed by atoms with Crippen molar-refractivity contribution in [2.24, 2.45) is 0 Å². The molecule has 0 aliphatic heterocycles. The summed E-state index contributed by atoms with van der Waals surface area (Å²) in [4.78, 5) is 21.5. The van der Waals surface area contributed by atoms with E-state index < -0.39 is 33.7 Å². The van der Waals surface area contributed by atoms with Crippen molar-refractivity contribution in [1.82, 2.24) is 4.68 Å². The van der Waals surface area contributed by atoms with Crippen LogP contribution in [0.5, 0.6) is 0 Å². The maximum Gasteiger partial charge on any atom is 0.285 e. The second kappa shape index (κ2) is 4.84. The zero-order valence-electron chi connectivity index (χ0n) is 9.34. The summed E-state index contributed by atoms with van der Waals surface area (Å²) in [6.07, 6.45) is 2.95. The number of nitro groups is 1. The summed E-state index contributed by atoms with van der Waals surface area (Å²) in [7, 11) is 0. The number of amides is 1. The largest absolute Gasteiger partial charge is 0.285 e. The summed E-state index contributed by atoms with van der Waals surface area (Å²) >= 11 is 0. The predicted octanol–water partition coefficient (Wildman–Crippen LogP) is 2.06. The van der Waals surface area contributed by atoms with Crippen LogP contribution < -0.4 is 5.43 Å². The van der Waals surface area contributed by atoms with Crippen LogP contribution in [0, 0.1) is 21.7 Å². The van der Waals surface area contributed by atoms with E-state index in [9.17, 15) is 23.7 Å². The fourth-order valence-corrected chi connectivity index (χ4v) is 1.46. The topological polar surface area (TPSA) is 77.2 Å². The number of hydrogen-bond acceptors (Lipinski definition) is 3. The van der Waals surface area contributed by atoms with Crippen LogP contribution in [0.15, 0.2) is 36.7 Å². The maximum atomic E-state index is 13.1. The molecule has 0 fully saturated rings. The normalized spacial score (nSPS) is 10.2. The Bertz CT molecular complexity index is 641. The van der Waals surface area contributed by atoms with E-state index in [0.717, 1.165) is 0 Å². The molecule has 1 N–H and O–H groups in total. The van der Waals surface area contributed by atoms with E-state index in [-0.39, 0.29) is 0 Å². The Morgan fingerprint density at radius 3 is 2.37 bits per heavy atom. The number of halogens is 2. The van der Waals surface area contributed by atoms with Gasteiger partial charge in [-0.2, -0.15) is 0 Å². The lowest BCUT2D eigenvalue weighted by molar-refractivity contribution is -0.385. The Balaban J connectivity index is 2.40. The van der Waals surface area contributed by atoms with E-state index >= 15 is 0 Å². The van der Waals surface area contributed by atoms with E-state index in [2.05, 4.69) is 5.43 Å². The van der Waals surface area contributed by atoms with Crippen LogP contribution in [0.4, 0.5) is 14.5 Å². The van der Waals surface area contributed by atoms with Gasteiger partial charge in [0.1, 0.15) is 5.56 Å². The van der Waals surface area contributed by atoms with Crippen LogP contribution in [0.2, 0.25) is 0 Å². The maximum absolute atomic E-state index is 13.1. The molecule has 98 valence electrons. The highest BCUT2D eigenvalue weighted by atomic mass is 19.2. The van der Waals surface area contributed by atoms with Crippen LogP contribution >= 0.6 is 0 Å². The molecule has 19 heavy (non-hydrogen) atoms. The number of aromatic nitrogens is 1. The summed E-state index contributed by atoms with van der Waals surface area (Å²) in [6.45, 7) is 0. The minimum atomic E-state index is -1.38. The number of hydrogen-bond donors (Lipinski definition) is 1. The van der Waals surface area contributed by atoms with Gasteiger partial charge in [-0.15, -0.1) is 0 Å². The van der Waals surface area contributed by atoms with Gasteiger partial charge >= 0.3 is 0 Å². The number of carbonyl (C=O) groups excluding carboxylic acids is 1. The van der Waals surface area contributed by atoms with Gasteiger partial charge in [-0.1, -0.05) is 0 Å². The molecule has 8 heteroatoms. The molecule has 1 aromatic carbocycles. The number of benzene rings is 1. The van der Waals surface area contributed by atoms with E-state index in [4.69, 9.17) is 0 Å². The monoisotopic (exact) mass is 267 g/mol. The van der Waals surface area contributed by atoms with Crippen molar-refractivity contribution in [3.8, 4) is 0 Å². The molecule has 0 saturated carbocycles. The van der Waals surface area contributed by atoms with Crippen LogP contribution in [0.25, 0.3) is 0 Å². The zero-order chi connectivity index (χ0) is 14.0. The van der Waals surface area contributed by atoms with Crippen molar-refractivity contribution < 1.29 is 18.5 Å². The van der Waals surface area contributed by atoms with Gasteiger partial charge in [0.2, 0.25) is 0 Å². The third-order valence-corrected chi connectivity index (χ3v) is 2.32. The highest BCUT2D eigenvalue weighted by Gasteiger charge is 2.23. The van der Waals surface area contributed by atoms with Gasteiger partial charge in [-0.05, 0) is 18.2 Å². The summed E-state index contributed by atoms with van der Waals surface area (Å²) in [6, 6.07) is 4.09. The van der Waals surface area contributed by atoms with Gasteiger partial charge in [0.05, 0.1) is 11.0 Å².